The third-order valence-electron chi connectivity index (χ3n) is 4.04. The van der Waals surface area contributed by atoms with Gasteiger partial charge in [0.05, 0.1) is 6.20 Å². The van der Waals surface area contributed by atoms with Crippen molar-refractivity contribution >= 4 is 5.78 Å². The van der Waals surface area contributed by atoms with E-state index < -0.39 is 0 Å². The number of rotatable bonds is 6. The van der Waals surface area contributed by atoms with E-state index in [-0.39, 0.29) is 11.9 Å². The first-order chi connectivity index (χ1) is 9.24. The molecule has 1 aliphatic carbocycles. The van der Waals surface area contributed by atoms with Crippen LogP contribution in [0.2, 0.25) is 0 Å². The number of carbonyl (C=O) groups excluding carboxylic acids is 1. The van der Waals surface area contributed by atoms with E-state index in [0.29, 0.717) is 12.3 Å². The van der Waals surface area contributed by atoms with Crippen molar-refractivity contribution < 1.29 is 9.53 Å². The van der Waals surface area contributed by atoms with Crippen molar-refractivity contribution in [1.82, 2.24) is 9.78 Å². The van der Waals surface area contributed by atoms with Gasteiger partial charge in [0.2, 0.25) is 0 Å². The molecule has 4 nitrogen and oxygen atoms in total. The Balaban J connectivity index is 1.95. The van der Waals surface area contributed by atoms with Crippen LogP contribution >= 0.6 is 0 Å². The van der Waals surface area contributed by atoms with Crippen LogP contribution in [0.1, 0.15) is 44.6 Å². The van der Waals surface area contributed by atoms with Gasteiger partial charge < -0.3 is 4.74 Å². The van der Waals surface area contributed by atoms with Gasteiger partial charge in [-0.15, -0.1) is 0 Å². The van der Waals surface area contributed by atoms with Crippen LogP contribution in [0.25, 0.3) is 0 Å². The molecule has 1 fully saturated rings. The van der Waals surface area contributed by atoms with Gasteiger partial charge in [-0.25, -0.2) is 0 Å². The van der Waals surface area contributed by atoms with Crippen molar-refractivity contribution in [3.63, 3.8) is 0 Å². The maximum Gasteiger partial charge on any atom is 0.166 e. The van der Waals surface area contributed by atoms with Gasteiger partial charge in [-0.2, -0.15) is 5.10 Å². The lowest BCUT2D eigenvalue weighted by molar-refractivity contribution is -0.132. The van der Waals surface area contributed by atoms with Crippen LogP contribution in [0.3, 0.4) is 0 Å². The van der Waals surface area contributed by atoms with Gasteiger partial charge in [0, 0.05) is 26.3 Å². The van der Waals surface area contributed by atoms with E-state index in [9.17, 15) is 4.79 Å². The fourth-order valence-electron chi connectivity index (χ4n) is 3.00. The van der Waals surface area contributed by atoms with E-state index in [2.05, 4.69) is 5.10 Å². The first-order valence-corrected chi connectivity index (χ1v) is 7.31. The van der Waals surface area contributed by atoms with E-state index >= 15 is 0 Å². The summed E-state index contributed by atoms with van der Waals surface area (Å²) in [4.78, 5) is 12.4. The Morgan fingerprint density at radius 3 is 2.79 bits per heavy atom. The Bertz CT molecular complexity index is 408. The van der Waals surface area contributed by atoms with Crippen LogP contribution in [0, 0.1) is 5.92 Å². The van der Waals surface area contributed by atoms with Crippen LogP contribution in [0.4, 0.5) is 0 Å². The largest absolute Gasteiger partial charge is 0.373 e. The number of methoxy groups -OCH3 is 1. The molecule has 0 aliphatic heterocycles. The molecule has 1 aromatic rings. The van der Waals surface area contributed by atoms with Crippen molar-refractivity contribution in [3.05, 3.63) is 18.0 Å². The molecule has 1 unspecified atom stereocenters. The number of hydrogen-bond acceptors (Lipinski definition) is 3. The Kier molecular flexibility index (Phi) is 5.14. The van der Waals surface area contributed by atoms with Crippen molar-refractivity contribution in [1.29, 1.82) is 0 Å². The number of aromatic nitrogens is 2. The zero-order chi connectivity index (χ0) is 13.7. The predicted molar refractivity (Wildman–Crippen MR) is 74.0 cm³/mol. The normalized spacial score (nSPS) is 18.4. The number of carbonyl (C=O) groups is 1. The zero-order valence-corrected chi connectivity index (χ0v) is 12.0. The molecular weight excluding hydrogens is 240 g/mol. The first-order valence-electron chi connectivity index (χ1n) is 7.31. The SMILES string of the molecule is CCn1cc(CC(=O)C(OC)C2CCCCC2)cn1. The fraction of sp³-hybridized carbons (Fsp3) is 0.733. The average Bonchev–Trinajstić information content (AvgIpc) is 2.88. The summed E-state index contributed by atoms with van der Waals surface area (Å²) in [6.07, 6.45) is 9.94. The molecule has 1 saturated carbocycles. The molecule has 0 aromatic carbocycles. The standard InChI is InChI=1S/C15H24N2O2/c1-3-17-11-12(10-16-17)9-14(18)15(19-2)13-7-5-4-6-8-13/h10-11,13,15H,3-9H2,1-2H3. The summed E-state index contributed by atoms with van der Waals surface area (Å²) in [5.74, 6) is 0.609. The molecule has 0 bridgehead atoms. The van der Waals surface area contributed by atoms with E-state index in [0.717, 1.165) is 24.9 Å². The number of aryl methyl sites for hydroxylation is 1. The van der Waals surface area contributed by atoms with E-state index in [1.807, 2.05) is 17.8 Å². The molecule has 0 spiro atoms. The molecule has 1 heterocycles. The van der Waals surface area contributed by atoms with E-state index in [4.69, 9.17) is 4.74 Å². The van der Waals surface area contributed by atoms with Gasteiger partial charge in [-0.1, -0.05) is 19.3 Å². The number of hydrogen-bond donors (Lipinski definition) is 0. The molecule has 1 atom stereocenters. The predicted octanol–water partition coefficient (Wildman–Crippen LogP) is 2.61. The van der Waals surface area contributed by atoms with E-state index in [1.165, 1.54) is 19.3 Å². The lowest BCUT2D eigenvalue weighted by Crippen LogP contribution is -2.34. The third-order valence-corrected chi connectivity index (χ3v) is 4.04. The maximum atomic E-state index is 12.4. The van der Waals surface area contributed by atoms with Crippen LogP contribution in [-0.4, -0.2) is 28.8 Å². The Labute approximate surface area is 115 Å². The first kappa shape index (κ1) is 14.3. The third kappa shape index (κ3) is 3.66. The summed E-state index contributed by atoms with van der Waals surface area (Å²) < 4.78 is 7.33. The monoisotopic (exact) mass is 264 g/mol. The second kappa shape index (κ2) is 6.85. The molecule has 19 heavy (non-hydrogen) atoms. The molecule has 1 aliphatic rings. The van der Waals surface area contributed by atoms with Crippen LogP contribution < -0.4 is 0 Å². The highest BCUT2D eigenvalue weighted by Gasteiger charge is 2.29. The van der Waals surface area contributed by atoms with Gasteiger partial charge in [-0.05, 0) is 31.2 Å². The van der Waals surface area contributed by atoms with Gasteiger partial charge in [0.25, 0.3) is 0 Å². The minimum absolute atomic E-state index is 0.199. The topological polar surface area (TPSA) is 44.1 Å². The smallest absolute Gasteiger partial charge is 0.166 e. The van der Waals surface area contributed by atoms with Crippen molar-refractivity contribution in [3.8, 4) is 0 Å². The van der Waals surface area contributed by atoms with Gasteiger partial charge in [0.15, 0.2) is 5.78 Å². The number of ether oxygens (including phenoxy) is 1. The molecule has 4 heteroatoms. The molecule has 0 radical (unpaired) electrons. The van der Waals surface area contributed by atoms with E-state index in [1.54, 1.807) is 13.3 Å². The molecular formula is C15H24N2O2. The molecule has 2 rings (SSSR count). The molecule has 1 aromatic heterocycles. The lowest BCUT2D eigenvalue weighted by Gasteiger charge is -2.28. The second-order valence-electron chi connectivity index (χ2n) is 5.40. The van der Waals surface area contributed by atoms with Gasteiger partial charge in [0.1, 0.15) is 6.10 Å². The van der Waals surface area contributed by atoms with Crippen LogP contribution in [0.15, 0.2) is 12.4 Å². The summed E-state index contributed by atoms with van der Waals surface area (Å²) >= 11 is 0. The Morgan fingerprint density at radius 1 is 1.47 bits per heavy atom. The fourth-order valence-corrected chi connectivity index (χ4v) is 3.00. The maximum absolute atomic E-state index is 12.4. The molecule has 0 amide bonds. The summed E-state index contributed by atoms with van der Waals surface area (Å²) in [5, 5.41) is 4.21. The quantitative estimate of drug-likeness (QED) is 0.793. The minimum atomic E-state index is -0.231. The summed E-state index contributed by atoms with van der Waals surface area (Å²) in [5.41, 5.74) is 0.990. The second-order valence-corrected chi connectivity index (χ2v) is 5.40. The van der Waals surface area contributed by atoms with Crippen molar-refractivity contribution in [2.24, 2.45) is 5.92 Å². The average molecular weight is 264 g/mol. The van der Waals surface area contributed by atoms with Gasteiger partial charge in [-0.3, -0.25) is 9.48 Å². The summed E-state index contributed by atoms with van der Waals surface area (Å²) in [7, 11) is 1.66. The van der Waals surface area contributed by atoms with Crippen molar-refractivity contribution in [2.75, 3.05) is 7.11 Å². The van der Waals surface area contributed by atoms with Crippen LogP contribution in [0.5, 0.6) is 0 Å². The highest BCUT2D eigenvalue weighted by Crippen LogP contribution is 2.28. The summed E-state index contributed by atoms with van der Waals surface area (Å²) in [6.45, 7) is 2.88. The highest BCUT2D eigenvalue weighted by atomic mass is 16.5. The van der Waals surface area contributed by atoms with Crippen LogP contribution in [-0.2, 0) is 22.5 Å². The highest BCUT2D eigenvalue weighted by molar-refractivity contribution is 5.85. The van der Waals surface area contributed by atoms with Crippen molar-refractivity contribution in [2.45, 2.75) is 58.1 Å². The molecule has 0 saturated heterocycles. The Hall–Kier alpha value is -1.16. The number of nitrogens with zero attached hydrogens (tertiary/aromatic N) is 2. The molecule has 0 N–H and O–H groups in total. The summed E-state index contributed by atoms with van der Waals surface area (Å²) in [6, 6.07) is 0. The lowest BCUT2D eigenvalue weighted by atomic mass is 9.83. The zero-order valence-electron chi connectivity index (χ0n) is 12.0. The number of ketones is 1. The number of Topliss-reactive ketones (excluding diaryl/α,β-unsaturated/α-hetero) is 1. The van der Waals surface area contributed by atoms with Gasteiger partial charge >= 0.3 is 0 Å². The Morgan fingerprint density at radius 2 is 2.21 bits per heavy atom. The molecule has 106 valence electrons. The minimum Gasteiger partial charge on any atom is -0.373 e.